The Bertz CT molecular complexity index is 618. The zero-order valence-electron chi connectivity index (χ0n) is 12.0. The van der Waals surface area contributed by atoms with Gasteiger partial charge in [0.05, 0.1) is 0 Å². The van der Waals surface area contributed by atoms with Crippen LogP contribution in [0.15, 0.2) is 12.1 Å². The first-order valence-corrected chi connectivity index (χ1v) is 6.85. The van der Waals surface area contributed by atoms with Crippen LogP contribution in [0.1, 0.15) is 26.2 Å². The highest BCUT2D eigenvalue weighted by Crippen LogP contribution is 2.34. The van der Waals surface area contributed by atoms with Crippen molar-refractivity contribution in [3.8, 4) is 5.75 Å². The maximum absolute atomic E-state index is 12.4. The lowest BCUT2D eigenvalue weighted by atomic mass is 10.1. The minimum absolute atomic E-state index is 0.105. The Morgan fingerprint density at radius 2 is 2.27 bits per heavy atom. The first-order valence-electron chi connectivity index (χ1n) is 6.85. The van der Waals surface area contributed by atoms with Crippen molar-refractivity contribution in [1.82, 2.24) is 4.98 Å². The summed E-state index contributed by atoms with van der Waals surface area (Å²) in [4.78, 5) is 38.6. The molecule has 0 fully saturated rings. The molecule has 1 aromatic rings. The number of pyridine rings is 1. The molecule has 2 amide bonds. The molecule has 1 aliphatic rings. The number of hydrogen-bond acceptors (Lipinski definition) is 6. The quantitative estimate of drug-likeness (QED) is 0.610. The summed E-state index contributed by atoms with van der Waals surface area (Å²) in [6.07, 6.45) is 0.263. The number of ether oxygens (including phenoxy) is 1. The van der Waals surface area contributed by atoms with Crippen molar-refractivity contribution in [3.05, 3.63) is 22.2 Å². The molecule has 118 valence electrons. The smallest absolute Gasteiger partial charge is 0.366 e. The van der Waals surface area contributed by atoms with Crippen LogP contribution in [0.4, 0.5) is 11.6 Å². The van der Waals surface area contributed by atoms with E-state index in [1.165, 1.54) is 17.0 Å². The molecule has 0 spiro atoms. The number of nitro groups is 1. The first kappa shape index (κ1) is 15.7. The summed E-state index contributed by atoms with van der Waals surface area (Å²) in [5.74, 6) is -0.748. The summed E-state index contributed by atoms with van der Waals surface area (Å²) in [5, 5.41) is 10.8. The third-order valence-corrected chi connectivity index (χ3v) is 3.25. The number of anilines is 1. The van der Waals surface area contributed by atoms with Crippen molar-refractivity contribution in [2.75, 3.05) is 11.4 Å². The SMILES string of the molecule is CCC1Oc2ccc([N+](=O)[O-])nc2N(CCCC(N)=O)C1=O. The molecule has 1 aliphatic heterocycles. The fourth-order valence-corrected chi connectivity index (χ4v) is 2.18. The highest BCUT2D eigenvalue weighted by Gasteiger charge is 2.37. The van der Waals surface area contributed by atoms with E-state index in [0.29, 0.717) is 18.6 Å². The second-order valence-corrected chi connectivity index (χ2v) is 4.82. The monoisotopic (exact) mass is 308 g/mol. The van der Waals surface area contributed by atoms with Gasteiger partial charge >= 0.3 is 5.82 Å². The average molecular weight is 308 g/mol. The number of primary amides is 1. The van der Waals surface area contributed by atoms with Crippen molar-refractivity contribution < 1.29 is 19.2 Å². The lowest BCUT2D eigenvalue weighted by molar-refractivity contribution is -0.389. The molecule has 0 bridgehead atoms. The van der Waals surface area contributed by atoms with E-state index in [-0.39, 0.29) is 30.5 Å². The van der Waals surface area contributed by atoms with Gasteiger partial charge in [-0.3, -0.25) is 14.5 Å². The summed E-state index contributed by atoms with van der Waals surface area (Å²) >= 11 is 0. The molecule has 2 N–H and O–H groups in total. The number of rotatable bonds is 6. The van der Waals surface area contributed by atoms with Crippen molar-refractivity contribution in [2.24, 2.45) is 5.73 Å². The van der Waals surface area contributed by atoms with Gasteiger partial charge in [0.15, 0.2) is 11.9 Å². The molecular weight excluding hydrogens is 292 g/mol. The highest BCUT2D eigenvalue weighted by molar-refractivity contribution is 5.99. The minimum atomic E-state index is -0.663. The molecule has 2 heterocycles. The highest BCUT2D eigenvalue weighted by atomic mass is 16.6. The number of hydrogen-bond donors (Lipinski definition) is 1. The Morgan fingerprint density at radius 3 is 2.86 bits per heavy atom. The molecule has 2 rings (SSSR count). The van der Waals surface area contributed by atoms with Gasteiger partial charge in [-0.1, -0.05) is 6.92 Å². The Hall–Kier alpha value is -2.71. The molecular formula is C13H16N4O5. The van der Waals surface area contributed by atoms with Gasteiger partial charge in [-0.15, -0.1) is 0 Å². The molecule has 0 aromatic carbocycles. The minimum Gasteiger partial charge on any atom is -0.474 e. The number of carbonyl (C=O) groups is 2. The molecule has 9 nitrogen and oxygen atoms in total. The Balaban J connectivity index is 2.32. The van der Waals surface area contributed by atoms with Crippen LogP contribution in [0.3, 0.4) is 0 Å². The van der Waals surface area contributed by atoms with Crippen LogP contribution in [-0.2, 0) is 9.59 Å². The standard InChI is InChI=1S/C13H16N4O5/c1-2-8-13(19)16(7-3-4-10(14)18)12-9(22-8)5-6-11(15-12)17(20)21/h5-6,8H,2-4,7H2,1H3,(H2,14,18). The van der Waals surface area contributed by atoms with Crippen molar-refractivity contribution >= 4 is 23.5 Å². The molecule has 1 aromatic heterocycles. The van der Waals surface area contributed by atoms with Gasteiger partial charge in [0.25, 0.3) is 11.7 Å². The van der Waals surface area contributed by atoms with Crippen molar-refractivity contribution in [2.45, 2.75) is 32.3 Å². The van der Waals surface area contributed by atoms with Crippen molar-refractivity contribution in [1.29, 1.82) is 0 Å². The van der Waals surface area contributed by atoms with E-state index in [4.69, 9.17) is 10.5 Å². The Labute approximate surface area is 126 Å². The largest absolute Gasteiger partial charge is 0.474 e. The van der Waals surface area contributed by atoms with E-state index in [0.717, 1.165) is 0 Å². The molecule has 9 heteroatoms. The average Bonchev–Trinajstić information content (AvgIpc) is 2.48. The summed E-state index contributed by atoms with van der Waals surface area (Å²) in [6.45, 7) is 2.00. The fourth-order valence-electron chi connectivity index (χ4n) is 2.18. The van der Waals surface area contributed by atoms with Gasteiger partial charge in [0, 0.05) is 19.0 Å². The second-order valence-electron chi connectivity index (χ2n) is 4.82. The number of aromatic nitrogens is 1. The molecule has 1 atom stereocenters. The Kier molecular flexibility index (Phi) is 4.54. The third-order valence-electron chi connectivity index (χ3n) is 3.25. The number of carbonyl (C=O) groups excluding carboxylic acids is 2. The van der Waals surface area contributed by atoms with Crippen LogP contribution in [-0.4, -0.2) is 34.4 Å². The van der Waals surface area contributed by atoms with Crippen LogP contribution in [0.25, 0.3) is 0 Å². The molecule has 1 unspecified atom stereocenters. The van der Waals surface area contributed by atoms with Gasteiger partial charge in [-0.2, -0.15) is 0 Å². The maximum Gasteiger partial charge on any atom is 0.366 e. The number of amides is 2. The zero-order valence-corrected chi connectivity index (χ0v) is 12.0. The van der Waals surface area contributed by atoms with E-state index in [2.05, 4.69) is 4.98 Å². The zero-order chi connectivity index (χ0) is 16.3. The molecule has 0 saturated carbocycles. The molecule has 0 radical (unpaired) electrons. The molecule has 0 aliphatic carbocycles. The second kappa shape index (κ2) is 6.37. The molecule has 22 heavy (non-hydrogen) atoms. The normalized spacial score (nSPS) is 16.9. The lowest BCUT2D eigenvalue weighted by Gasteiger charge is -2.30. The number of fused-ring (bicyclic) bond motifs is 1. The van der Waals surface area contributed by atoms with Gasteiger partial charge in [-0.05, 0) is 28.8 Å². The van der Waals surface area contributed by atoms with Crippen LogP contribution in [0.2, 0.25) is 0 Å². The van der Waals surface area contributed by atoms with E-state index in [1.807, 2.05) is 0 Å². The summed E-state index contributed by atoms with van der Waals surface area (Å²) in [5.41, 5.74) is 5.08. The van der Waals surface area contributed by atoms with E-state index >= 15 is 0 Å². The maximum atomic E-state index is 12.4. The van der Waals surface area contributed by atoms with Crippen LogP contribution >= 0.6 is 0 Å². The third kappa shape index (κ3) is 3.13. The first-order chi connectivity index (χ1) is 10.4. The van der Waals surface area contributed by atoms with Crippen molar-refractivity contribution in [3.63, 3.8) is 0 Å². The van der Waals surface area contributed by atoms with E-state index < -0.39 is 16.9 Å². The van der Waals surface area contributed by atoms with E-state index in [9.17, 15) is 19.7 Å². The Morgan fingerprint density at radius 1 is 1.55 bits per heavy atom. The predicted octanol–water partition coefficient (Wildman–Crippen LogP) is 0.759. The van der Waals surface area contributed by atoms with Gasteiger partial charge in [-0.25, -0.2) is 0 Å². The van der Waals surface area contributed by atoms with Gasteiger partial charge < -0.3 is 20.6 Å². The predicted molar refractivity (Wildman–Crippen MR) is 76.4 cm³/mol. The van der Waals surface area contributed by atoms with Gasteiger partial charge in [0.1, 0.15) is 0 Å². The number of nitrogens with two attached hydrogens (primary N) is 1. The summed E-state index contributed by atoms with van der Waals surface area (Å²) < 4.78 is 5.52. The van der Waals surface area contributed by atoms with Gasteiger partial charge in [0.2, 0.25) is 5.91 Å². The topological polar surface area (TPSA) is 129 Å². The lowest BCUT2D eigenvalue weighted by Crippen LogP contribution is -2.46. The number of nitrogens with zero attached hydrogens (tertiary/aromatic N) is 3. The summed E-state index contributed by atoms with van der Waals surface area (Å²) in [6, 6.07) is 2.65. The van der Waals surface area contributed by atoms with Crippen LogP contribution in [0.5, 0.6) is 5.75 Å². The summed E-state index contributed by atoms with van der Waals surface area (Å²) in [7, 11) is 0. The van der Waals surface area contributed by atoms with Crippen LogP contribution < -0.4 is 15.4 Å². The fraction of sp³-hybridized carbons (Fsp3) is 0.462. The molecule has 0 saturated heterocycles. The van der Waals surface area contributed by atoms with Crippen LogP contribution in [0, 0.1) is 10.1 Å². The van der Waals surface area contributed by atoms with E-state index in [1.54, 1.807) is 6.92 Å².